The number of rotatable bonds is 5. The number of methoxy groups -OCH3 is 1. The average Bonchev–Trinajstić information content (AvgIpc) is 2.99. The third kappa shape index (κ3) is 3.33. The van der Waals surface area contributed by atoms with E-state index >= 15 is 0 Å². The lowest BCUT2D eigenvalue weighted by Gasteiger charge is -2.33. The maximum Gasteiger partial charge on any atom is 0.509 e. The van der Waals surface area contributed by atoms with Crippen molar-refractivity contribution in [3.63, 3.8) is 0 Å². The molecule has 5 nitrogen and oxygen atoms in total. The SMILES string of the molecule is COC(=O)OC1(CCCN2CCNCC2)c2ccccc2-c2ccccc21. The van der Waals surface area contributed by atoms with E-state index in [1.165, 1.54) is 7.11 Å². The predicted octanol–water partition coefficient (Wildman–Crippen LogP) is 3.38. The normalized spacial score (nSPS) is 17.8. The van der Waals surface area contributed by atoms with Crippen molar-refractivity contribution in [2.75, 3.05) is 39.8 Å². The van der Waals surface area contributed by atoms with Crippen LogP contribution in [0.15, 0.2) is 48.5 Å². The van der Waals surface area contributed by atoms with Gasteiger partial charge in [-0.2, -0.15) is 0 Å². The number of ether oxygens (including phenoxy) is 2. The zero-order valence-corrected chi connectivity index (χ0v) is 15.7. The number of piperazine rings is 1. The van der Waals surface area contributed by atoms with Crippen LogP contribution >= 0.6 is 0 Å². The molecule has 2 aliphatic rings. The van der Waals surface area contributed by atoms with E-state index in [2.05, 4.69) is 34.5 Å². The first-order valence-corrected chi connectivity index (χ1v) is 9.64. The Kier molecular flexibility index (Phi) is 5.14. The summed E-state index contributed by atoms with van der Waals surface area (Å²) in [5.41, 5.74) is 3.60. The zero-order chi connectivity index (χ0) is 18.7. The number of benzene rings is 2. The molecule has 27 heavy (non-hydrogen) atoms. The number of hydrogen-bond acceptors (Lipinski definition) is 5. The van der Waals surface area contributed by atoms with Crippen molar-refractivity contribution in [2.24, 2.45) is 0 Å². The van der Waals surface area contributed by atoms with E-state index in [1.54, 1.807) is 0 Å². The van der Waals surface area contributed by atoms with Gasteiger partial charge in [0.2, 0.25) is 0 Å². The minimum atomic E-state index is -0.783. The van der Waals surface area contributed by atoms with Gasteiger partial charge in [0.05, 0.1) is 7.11 Å². The van der Waals surface area contributed by atoms with Crippen LogP contribution in [0.1, 0.15) is 24.0 Å². The summed E-state index contributed by atoms with van der Waals surface area (Å²) in [4.78, 5) is 14.7. The van der Waals surface area contributed by atoms with Gasteiger partial charge in [0.25, 0.3) is 0 Å². The second-order valence-corrected chi connectivity index (χ2v) is 7.17. The second-order valence-electron chi connectivity index (χ2n) is 7.17. The van der Waals surface area contributed by atoms with Gasteiger partial charge in [0.1, 0.15) is 0 Å². The maximum absolute atomic E-state index is 12.2. The topological polar surface area (TPSA) is 50.8 Å². The molecule has 142 valence electrons. The zero-order valence-electron chi connectivity index (χ0n) is 15.7. The van der Waals surface area contributed by atoms with Crippen molar-refractivity contribution in [1.82, 2.24) is 10.2 Å². The quantitative estimate of drug-likeness (QED) is 0.822. The van der Waals surface area contributed by atoms with Crippen LogP contribution in [0.5, 0.6) is 0 Å². The summed E-state index contributed by atoms with van der Waals surface area (Å²) in [5, 5.41) is 3.39. The summed E-state index contributed by atoms with van der Waals surface area (Å²) >= 11 is 0. The van der Waals surface area contributed by atoms with Crippen molar-refractivity contribution in [1.29, 1.82) is 0 Å². The number of fused-ring (bicyclic) bond motifs is 3. The molecule has 1 saturated heterocycles. The Morgan fingerprint density at radius 2 is 1.63 bits per heavy atom. The van der Waals surface area contributed by atoms with Gasteiger partial charge in [-0.15, -0.1) is 0 Å². The summed E-state index contributed by atoms with van der Waals surface area (Å²) in [5.74, 6) is 0. The lowest BCUT2D eigenvalue weighted by Crippen LogP contribution is -2.44. The number of carbonyl (C=O) groups is 1. The van der Waals surface area contributed by atoms with E-state index in [4.69, 9.17) is 9.47 Å². The summed E-state index contributed by atoms with van der Waals surface area (Å²) in [6, 6.07) is 16.4. The fourth-order valence-corrected chi connectivity index (χ4v) is 4.39. The molecule has 0 spiro atoms. The third-order valence-corrected chi connectivity index (χ3v) is 5.65. The molecule has 0 saturated carbocycles. The Morgan fingerprint density at radius 1 is 1.04 bits per heavy atom. The predicted molar refractivity (Wildman–Crippen MR) is 105 cm³/mol. The lowest BCUT2D eigenvalue weighted by molar-refractivity contribution is -0.0121. The highest BCUT2D eigenvalue weighted by Crippen LogP contribution is 2.52. The van der Waals surface area contributed by atoms with Gasteiger partial charge in [0, 0.05) is 37.3 Å². The molecular formula is C22H26N2O3. The fraction of sp³-hybridized carbons (Fsp3) is 0.409. The monoisotopic (exact) mass is 366 g/mol. The molecule has 0 radical (unpaired) electrons. The largest absolute Gasteiger partial charge is 0.509 e. The van der Waals surface area contributed by atoms with Gasteiger partial charge in [-0.05, 0) is 30.5 Å². The van der Waals surface area contributed by atoms with Crippen LogP contribution in [0.4, 0.5) is 4.79 Å². The molecule has 0 amide bonds. The van der Waals surface area contributed by atoms with Gasteiger partial charge in [-0.25, -0.2) is 4.79 Å². The second kappa shape index (κ2) is 7.71. The number of hydrogen-bond donors (Lipinski definition) is 1. The van der Waals surface area contributed by atoms with Crippen molar-refractivity contribution in [2.45, 2.75) is 18.4 Å². The number of carbonyl (C=O) groups excluding carboxylic acids is 1. The summed E-state index contributed by atoms with van der Waals surface area (Å²) in [7, 11) is 1.36. The van der Waals surface area contributed by atoms with Crippen LogP contribution in [0, 0.1) is 0 Å². The highest BCUT2D eigenvalue weighted by molar-refractivity contribution is 5.81. The summed E-state index contributed by atoms with van der Waals surface area (Å²) < 4.78 is 10.9. The molecule has 4 rings (SSSR count). The Hall–Kier alpha value is -2.37. The molecule has 1 fully saturated rings. The van der Waals surface area contributed by atoms with Crippen LogP contribution < -0.4 is 5.32 Å². The van der Waals surface area contributed by atoms with E-state index in [0.717, 1.165) is 67.8 Å². The Morgan fingerprint density at radius 3 is 2.22 bits per heavy atom. The van der Waals surface area contributed by atoms with E-state index in [-0.39, 0.29) is 0 Å². The molecular weight excluding hydrogens is 340 g/mol. The van der Waals surface area contributed by atoms with E-state index in [1.807, 2.05) is 24.3 Å². The highest BCUT2D eigenvalue weighted by atomic mass is 16.7. The molecule has 2 aromatic carbocycles. The molecule has 0 atom stereocenters. The summed E-state index contributed by atoms with van der Waals surface area (Å²) in [6.07, 6.45) is 1.04. The van der Waals surface area contributed by atoms with Crippen LogP contribution in [0.3, 0.4) is 0 Å². The molecule has 0 bridgehead atoms. The van der Waals surface area contributed by atoms with Gasteiger partial charge < -0.3 is 19.7 Å². The number of nitrogens with zero attached hydrogens (tertiary/aromatic N) is 1. The summed E-state index contributed by atoms with van der Waals surface area (Å²) in [6.45, 7) is 5.21. The molecule has 1 heterocycles. The van der Waals surface area contributed by atoms with Gasteiger partial charge >= 0.3 is 6.16 Å². The highest BCUT2D eigenvalue weighted by Gasteiger charge is 2.46. The lowest BCUT2D eigenvalue weighted by atomic mass is 9.86. The van der Waals surface area contributed by atoms with E-state index in [9.17, 15) is 4.79 Å². The molecule has 1 N–H and O–H groups in total. The average molecular weight is 366 g/mol. The molecule has 0 aromatic heterocycles. The minimum absolute atomic E-state index is 0.635. The van der Waals surface area contributed by atoms with Crippen molar-refractivity contribution in [3.8, 4) is 11.1 Å². The first kappa shape index (κ1) is 18.0. The molecule has 1 aliphatic heterocycles. The van der Waals surface area contributed by atoms with E-state index in [0.29, 0.717) is 0 Å². The van der Waals surface area contributed by atoms with Gasteiger partial charge in [-0.3, -0.25) is 0 Å². The van der Waals surface area contributed by atoms with Crippen LogP contribution in [-0.4, -0.2) is 50.9 Å². The van der Waals surface area contributed by atoms with Gasteiger partial charge in [-0.1, -0.05) is 48.5 Å². The van der Waals surface area contributed by atoms with Gasteiger partial charge in [0.15, 0.2) is 5.60 Å². The van der Waals surface area contributed by atoms with Crippen molar-refractivity contribution < 1.29 is 14.3 Å². The Labute approximate surface area is 160 Å². The van der Waals surface area contributed by atoms with Crippen molar-refractivity contribution >= 4 is 6.16 Å². The van der Waals surface area contributed by atoms with Crippen LogP contribution in [0.25, 0.3) is 11.1 Å². The Bertz CT molecular complexity index is 769. The first-order valence-electron chi connectivity index (χ1n) is 9.64. The first-order chi connectivity index (χ1) is 13.2. The maximum atomic E-state index is 12.2. The van der Waals surface area contributed by atoms with Crippen molar-refractivity contribution in [3.05, 3.63) is 59.7 Å². The van der Waals surface area contributed by atoms with E-state index < -0.39 is 11.8 Å². The van der Waals surface area contributed by atoms with Crippen LogP contribution in [0.2, 0.25) is 0 Å². The Balaban J connectivity index is 1.67. The molecule has 5 heteroatoms. The third-order valence-electron chi connectivity index (χ3n) is 5.65. The fourth-order valence-electron chi connectivity index (χ4n) is 4.39. The smallest absolute Gasteiger partial charge is 0.438 e. The minimum Gasteiger partial charge on any atom is -0.438 e. The number of nitrogens with one attached hydrogen (secondary N) is 1. The molecule has 0 unspecified atom stereocenters. The molecule has 2 aromatic rings. The standard InChI is InChI=1S/C22H26N2O3/c1-26-21(25)27-22(11-6-14-24-15-12-23-13-16-24)19-9-4-2-7-17(19)18-8-3-5-10-20(18)22/h2-5,7-10,23H,6,11-16H2,1H3. The molecule has 1 aliphatic carbocycles. The van der Waals surface area contributed by atoms with Crippen LogP contribution in [-0.2, 0) is 15.1 Å².